The van der Waals surface area contributed by atoms with Crippen molar-refractivity contribution in [1.29, 1.82) is 0 Å². The maximum absolute atomic E-state index is 15.1. The van der Waals surface area contributed by atoms with Crippen molar-refractivity contribution in [1.82, 2.24) is 0 Å². The van der Waals surface area contributed by atoms with Gasteiger partial charge in [-0.05, 0) is 60.2 Å². The van der Waals surface area contributed by atoms with Crippen molar-refractivity contribution in [3.05, 3.63) is 23.8 Å². The molecule has 0 saturated heterocycles. The summed E-state index contributed by atoms with van der Waals surface area (Å²) in [7, 11) is 0. The van der Waals surface area contributed by atoms with Gasteiger partial charge in [0.25, 0.3) is 0 Å². The molecule has 0 heterocycles. The SMILES string of the molecule is C[C@@H]1CC2C3C[C@H](F)C4=CC(=O)C=C[C@]4(C)C3[C@@H](O)C[C@]2(C)[C@H]1C(=O)O. The minimum Gasteiger partial charge on any atom is -0.481 e. The van der Waals surface area contributed by atoms with E-state index in [9.17, 15) is 19.8 Å². The van der Waals surface area contributed by atoms with E-state index in [-0.39, 0.29) is 35.9 Å². The zero-order valence-corrected chi connectivity index (χ0v) is 15.5. The topological polar surface area (TPSA) is 74.6 Å². The molecule has 142 valence electrons. The van der Waals surface area contributed by atoms with Crippen LogP contribution in [-0.2, 0) is 9.59 Å². The van der Waals surface area contributed by atoms with E-state index in [4.69, 9.17) is 0 Å². The van der Waals surface area contributed by atoms with Gasteiger partial charge in [0.1, 0.15) is 6.17 Å². The zero-order chi connectivity index (χ0) is 19.0. The Hall–Kier alpha value is -1.49. The lowest BCUT2D eigenvalue weighted by atomic mass is 9.46. The van der Waals surface area contributed by atoms with Crippen LogP contribution in [0.4, 0.5) is 4.39 Å². The van der Waals surface area contributed by atoms with Gasteiger partial charge in [0.05, 0.1) is 12.0 Å². The van der Waals surface area contributed by atoms with Crippen LogP contribution in [0.15, 0.2) is 23.8 Å². The summed E-state index contributed by atoms with van der Waals surface area (Å²) in [5.41, 5.74) is -0.714. The number of halogens is 1. The molecule has 4 aliphatic carbocycles. The molecule has 26 heavy (non-hydrogen) atoms. The maximum atomic E-state index is 15.1. The predicted molar refractivity (Wildman–Crippen MR) is 94.0 cm³/mol. The van der Waals surface area contributed by atoms with Crippen LogP contribution < -0.4 is 0 Å². The fourth-order valence-electron chi connectivity index (χ4n) is 7.23. The average molecular weight is 362 g/mol. The van der Waals surface area contributed by atoms with Crippen molar-refractivity contribution in [3.8, 4) is 0 Å². The largest absolute Gasteiger partial charge is 0.481 e. The number of hydrogen-bond donors (Lipinski definition) is 2. The van der Waals surface area contributed by atoms with Crippen LogP contribution in [0.1, 0.15) is 40.0 Å². The Kier molecular flexibility index (Phi) is 3.79. The number of aliphatic carboxylic acids is 1. The van der Waals surface area contributed by atoms with Gasteiger partial charge in [-0.2, -0.15) is 0 Å². The molecule has 2 N–H and O–H groups in total. The lowest BCUT2D eigenvalue weighted by molar-refractivity contribution is -0.158. The maximum Gasteiger partial charge on any atom is 0.307 e. The summed E-state index contributed by atoms with van der Waals surface area (Å²) in [5, 5.41) is 20.9. The fourth-order valence-corrected chi connectivity index (χ4v) is 7.23. The minimum absolute atomic E-state index is 0.0136. The van der Waals surface area contributed by atoms with Crippen LogP contribution in [0.25, 0.3) is 0 Å². The first-order chi connectivity index (χ1) is 12.1. The second-order valence-corrected chi connectivity index (χ2v) is 9.42. The Balaban J connectivity index is 1.79. The van der Waals surface area contributed by atoms with E-state index in [1.54, 1.807) is 6.08 Å². The second-order valence-electron chi connectivity index (χ2n) is 9.42. The molecular formula is C21H27FO4. The highest BCUT2D eigenvalue weighted by Crippen LogP contribution is 2.67. The first-order valence-electron chi connectivity index (χ1n) is 9.60. The number of rotatable bonds is 1. The predicted octanol–water partition coefficient (Wildman–Crippen LogP) is 3.16. The highest BCUT2D eigenvalue weighted by atomic mass is 19.1. The van der Waals surface area contributed by atoms with Crippen LogP contribution >= 0.6 is 0 Å². The Labute approximate surface area is 153 Å². The molecule has 0 amide bonds. The Morgan fingerprint density at radius 1 is 1.31 bits per heavy atom. The minimum atomic E-state index is -1.22. The Bertz CT molecular complexity index is 728. The summed E-state index contributed by atoms with van der Waals surface area (Å²) in [6, 6.07) is 0. The van der Waals surface area contributed by atoms with Crippen molar-refractivity contribution < 1.29 is 24.2 Å². The van der Waals surface area contributed by atoms with Crippen LogP contribution in [0.2, 0.25) is 0 Å². The van der Waals surface area contributed by atoms with Gasteiger partial charge in [-0.3, -0.25) is 9.59 Å². The molecule has 4 nitrogen and oxygen atoms in total. The molecular weight excluding hydrogens is 335 g/mol. The van der Waals surface area contributed by atoms with Crippen molar-refractivity contribution >= 4 is 11.8 Å². The smallest absolute Gasteiger partial charge is 0.307 e. The number of fused-ring (bicyclic) bond motifs is 5. The molecule has 3 unspecified atom stereocenters. The molecule has 0 radical (unpaired) electrons. The van der Waals surface area contributed by atoms with Gasteiger partial charge in [-0.15, -0.1) is 0 Å². The van der Waals surface area contributed by atoms with Crippen LogP contribution in [0.5, 0.6) is 0 Å². The van der Waals surface area contributed by atoms with Gasteiger partial charge in [0.2, 0.25) is 0 Å². The Morgan fingerprint density at radius 3 is 2.65 bits per heavy atom. The summed E-state index contributed by atoms with van der Waals surface area (Å²) in [6.07, 6.45) is 4.18. The summed E-state index contributed by atoms with van der Waals surface area (Å²) in [5.74, 6) is -1.68. The van der Waals surface area contributed by atoms with Crippen molar-refractivity contribution in [2.75, 3.05) is 0 Å². The number of alkyl halides is 1. The van der Waals surface area contributed by atoms with E-state index in [0.717, 1.165) is 6.42 Å². The third-order valence-electron chi connectivity index (χ3n) is 8.08. The molecule has 0 bridgehead atoms. The van der Waals surface area contributed by atoms with Crippen LogP contribution in [0, 0.1) is 40.4 Å². The Morgan fingerprint density at radius 2 is 2.00 bits per heavy atom. The zero-order valence-electron chi connectivity index (χ0n) is 15.5. The van der Waals surface area contributed by atoms with Gasteiger partial charge in [-0.1, -0.05) is 26.8 Å². The number of carbonyl (C=O) groups is 2. The number of hydrogen-bond acceptors (Lipinski definition) is 3. The molecule has 0 spiro atoms. The molecule has 3 fully saturated rings. The van der Waals surface area contributed by atoms with Gasteiger partial charge in [0, 0.05) is 11.3 Å². The van der Waals surface area contributed by atoms with E-state index in [1.165, 1.54) is 12.2 Å². The van der Waals surface area contributed by atoms with Crippen molar-refractivity contribution in [2.45, 2.75) is 52.3 Å². The van der Waals surface area contributed by atoms with Crippen LogP contribution in [0.3, 0.4) is 0 Å². The number of aliphatic hydroxyl groups excluding tert-OH is 1. The van der Waals surface area contributed by atoms with Gasteiger partial charge < -0.3 is 10.2 Å². The molecule has 9 atom stereocenters. The van der Waals surface area contributed by atoms with E-state index in [1.807, 2.05) is 20.8 Å². The van der Waals surface area contributed by atoms with Crippen molar-refractivity contribution in [3.63, 3.8) is 0 Å². The number of carbonyl (C=O) groups excluding carboxylic acids is 1. The van der Waals surface area contributed by atoms with E-state index in [0.29, 0.717) is 12.0 Å². The standard InChI is InChI=1S/C21H27FO4/c1-10-6-13-12-8-15(22)14-7-11(23)4-5-20(14,2)18(12)16(24)9-21(13,3)17(10)19(25)26/h4-5,7,10,12-13,15-18,24H,6,8-9H2,1-3H3,(H,25,26)/t10-,12?,13?,15+,16+,17-,18?,20+,21+/m1/s1. The lowest BCUT2D eigenvalue weighted by Gasteiger charge is -2.59. The van der Waals surface area contributed by atoms with E-state index >= 15 is 4.39 Å². The normalized spacial score (nSPS) is 52.7. The monoisotopic (exact) mass is 362 g/mol. The molecule has 4 aliphatic rings. The average Bonchev–Trinajstić information content (AvgIpc) is 2.79. The molecule has 0 aliphatic heterocycles. The second kappa shape index (κ2) is 5.51. The van der Waals surface area contributed by atoms with Gasteiger partial charge in [-0.25, -0.2) is 4.39 Å². The number of ketones is 1. The molecule has 5 heteroatoms. The number of aliphatic hydroxyl groups is 1. The summed E-state index contributed by atoms with van der Waals surface area (Å²) < 4.78 is 15.1. The van der Waals surface area contributed by atoms with E-state index < -0.39 is 35.0 Å². The van der Waals surface area contributed by atoms with E-state index in [2.05, 4.69) is 0 Å². The van der Waals surface area contributed by atoms with Crippen molar-refractivity contribution in [2.24, 2.45) is 40.4 Å². The summed E-state index contributed by atoms with van der Waals surface area (Å²) in [6.45, 7) is 5.86. The summed E-state index contributed by atoms with van der Waals surface area (Å²) in [4.78, 5) is 23.7. The molecule has 0 aromatic carbocycles. The van der Waals surface area contributed by atoms with Crippen LogP contribution in [-0.4, -0.2) is 34.2 Å². The molecule has 3 saturated carbocycles. The molecule has 4 rings (SSSR count). The number of carboxylic acids is 1. The number of allylic oxidation sites excluding steroid dienone is 4. The quantitative estimate of drug-likeness (QED) is 0.751. The third kappa shape index (κ3) is 2.16. The van der Waals surface area contributed by atoms with Gasteiger partial charge in [0.15, 0.2) is 5.78 Å². The first-order valence-corrected chi connectivity index (χ1v) is 9.60. The highest BCUT2D eigenvalue weighted by Gasteiger charge is 2.65. The number of carboxylic acid groups (broad SMARTS) is 1. The fraction of sp³-hybridized carbons (Fsp3) is 0.714. The molecule has 0 aromatic rings. The van der Waals surface area contributed by atoms with Gasteiger partial charge >= 0.3 is 5.97 Å². The summed E-state index contributed by atoms with van der Waals surface area (Å²) >= 11 is 0. The highest BCUT2D eigenvalue weighted by molar-refractivity contribution is 6.01. The third-order valence-corrected chi connectivity index (χ3v) is 8.08. The lowest BCUT2D eigenvalue weighted by Crippen LogP contribution is -2.58. The first kappa shape index (κ1) is 17.9. The molecule has 0 aromatic heterocycles.